The number of amides is 1. The van der Waals surface area contributed by atoms with Crippen molar-refractivity contribution in [1.29, 1.82) is 0 Å². The maximum atomic E-state index is 15.2. The number of ether oxygens (including phenoxy) is 2. The van der Waals surface area contributed by atoms with Gasteiger partial charge in [-0.25, -0.2) is 13.6 Å². The van der Waals surface area contributed by atoms with Gasteiger partial charge in [0.05, 0.1) is 18.2 Å². The van der Waals surface area contributed by atoms with Crippen molar-refractivity contribution in [2.75, 3.05) is 6.61 Å². The number of hydrogen-bond donors (Lipinski definition) is 1. The second-order valence-corrected chi connectivity index (χ2v) is 11.2. The quantitative estimate of drug-likeness (QED) is 0.580. The van der Waals surface area contributed by atoms with Crippen molar-refractivity contribution < 1.29 is 27.8 Å². The Bertz CT molecular complexity index is 1210. The number of nitrogens with zero attached hydrogens (tertiary/aromatic N) is 1. The van der Waals surface area contributed by atoms with Crippen LogP contribution >= 0.6 is 0 Å². The van der Waals surface area contributed by atoms with Crippen molar-refractivity contribution in [2.45, 2.75) is 81.8 Å². The fourth-order valence-corrected chi connectivity index (χ4v) is 6.35. The third-order valence-electron chi connectivity index (χ3n) is 7.98. The summed E-state index contributed by atoms with van der Waals surface area (Å²) in [6.07, 6.45) is 3.39. The summed E-state index contributed by atoms with van der Waals surface area (Å²) in [5.41, 5.74) is 0.0885. The Morgan fingerprint density at radius 1 is 1.17 bits per heavy atom. The Morgan fingerprint density at radius 2 is 1.94 bits per heavy atom. The van der Waals surface area contributed by atoms with Crippen LogP contribution in [0.5, 0.6) is 0 Å². The molecule has 0 radical (unpaired) electrons. The maximum Gasteiger partial charge on any atom is 0.407 e. The van der Waals surface area contributed by atoms with E-state index in [2.05, 4.69) is 5.32 Å². The second kappa shape index (κ2) is 8.53. The molecule has 1 aromatic carbocycles. The molecule has 5 rings (SSSR count). The average molecular weight is 499 g/mol. The highest BCUT2D eigenvalue weighted by atomic mass is 19.2. The summed E-state index contributed by atoms with van der Waals surface area (Å²) in [5, 5.41) is 2.98. The first-order valence-corrected chi connectivity index (χ1v) is 12.6. The summed E-state index contributed by atoms with van der Waals surface area (Å²) >= 11 is 0. The van der Waals surface area contributed by atoms with Crippen molar-refractivity contribution in [3.63, 3.8) is 0 Å². The lowest BCUT2D eigenvalue weighted by atomic mass is 9.76. The number of carbonyl (C=O) groups excluding carboxylic acids is 2. The summed E-state index contributed by atoms with van der Waals surface area (Å²) in [6, 6.07) is 7.68. The van der Waals surface area contributed by atoms with Crippen molar-refractivity contribution in [3.05, 3.63) is 65.0 Å². The van der Waals surface area contributed by atoms with E-state index in [-0.39, 0.29) is 23.5 Å². The van der Waals surface area contributed by atoms with Gasteiger partial charge >= 0.3 is 12.1 Å². The van der Waals surface area contributed by atoms with Gasteiger partial charge in [-0.2, -0.15) is 0 Å². The van der Waals surface area contributed by atoms with Crippen LogP contribution in [0.15, 0.2) is 36.5 Å². The van der Waals surface area contributed by atoms with E-state index in [1.807, 2.05) is 12.1 Å². The first kappa shape index (κ1) is 24.7. The van der Waals surface area contributed by atoms with Crippen LogP contribution in [-0.2, 0) is 25.1 Å². The standard InChI is InChI=1S/C28H32F2N2O4/c1-5-35-24(33)19-14-27(19)12-11-17(16-8-6-10-20(29)22(16)30)28(18-9-7-13-31-23(18)27)15-21(28)32-25(34)36-26(2,3)4/h6-10,13,17,19,21H,5,11-12,14-15H2,1-4H3,(H,32,34)/t17-,19?,21?,27?,28+/m0/s1. The minimum Gasteiger partial charge on any atom is -0.466 e. The minimum absolute atomic E-state index is 0.252. The molecule has 0 aliphatic heterocycles. The van der Waals surface area contributed by atoms with Gasteiger partial charge in [-0.15, -0.1) is 0 Å². The van der Waals surface area contributed by atoms with Crippen LogP contribution in [0.2, 0.25) is 0 Å². The molecule has 36 heavy (non-hydrogen) atoms. The Labute approximate surface area is 209 Å². The third kappa shape index (κ3) is 3.95. The lowest BCUT2D eigenvalue weighted by Gasteiger charge is -2.29. The molecular weight excluding hydrogens is 466 g/mol. The van der Waals surface area contributed by atoms with Gasteiger partial charge in [0, 0.05) is 23.1 Å². The molecular formula is C28H32F2N2O4. The van der Waals surface area contributed by atoms with Crippen LogP contribution < -0.4 is 5.32 Å². The zero-order valence-corrected chi connectivity index (χ0v) is 21.1. The molecule has 2 fully saturated rings. The predicted octanol–water partition coefficient (Wildman–Crippen LogP) is 5.29. The molecule has 5 atom stereocenters. The highest BCUT2D eigenvalue weighted by Crippen LogP contribution is 2.68. The largest absolute Gasteiger partial charge is 0.466 e. The van der Waals surface area contributed by atoms with Crippen LogP contribution in [0.4, 0.5) is 13.6 Å². The number of rotatable bonds is 4. The first-order chi connectivity index (χ1) is 17.0. The Balaban J connectivity index is 1.59. The highest BCUT2D eigenvalue weighted by molar-refractivity contribution is 5.79. The number of fused-ring (bicyclic) bond motifs is 3. The molecule has 2 saturated carbocycles. The van der Waals surface area contributed by atoms with E-state index in [1.54, 1.807) is 40.0 Å². The number of aromatic nitrogens is 1. The number of benzene rings is 1. The zero-order chi connectivity index (χ0) is 25.9. The first-order valence-electron chi connectivity index (χ1n) is 12.6. The fraction of sp³-hybridized carbons (Fsp3) is 0.536. The Kier molecular flexibility index (Phi) is 5.84. The molecule has 3 unspecified atom stereocenters. The topological polar surface area (TPSA) is 77.5 Å². The van der Waals surface area contributed by atoms with Crippen molar-refractivity contribution in [3.8, 4) is 0 Å². The third-order valence-corrected chi connectivity index (χ3v) is 7.98. The van der Waals surface area contributed by atoms with Gasteiger partial charge in [0.25, 0.3) is 0 Å². The van der Waals surface area contributed by atoms with E-state index >= 15 is 4.39 Å². The number of alkyl carbamates (subject to hydrolysis) is 1. The number of carbonyl (C=O) groups is 2. The number of esters is 1. The number of pyridine rings is 1. The maximum absolute atomic E-state index is 15.2. The summed E-state index contributed by atoms with van der Waals surface area (Å²) in [6.45, 7) is 7.44. The SMILES string of the molecule is CCOC(=O)C1CC12CC[C@@H](c1cccc(F)c1F)[C@]1(CC1NC(=O)OC(C)(C)C)c1cccnc12. The van der Waals surface area contributed by atoms with E-state index in [0.717, 1.165) is 17.3 Å². The van der Waals surface area contributed by atoms with E-state index < -0.39 is 40.1 Å². The van der Waals surface area contributed by atoms with Crippen LogP contribution in [0.1, 0.15) is 76.1 Å². The smallest absolute Gasteiger partial charge is 0.407 e. The monoisotopic (exact) mass is 498 g/mol. The molecule has 2 aromatic rings. The van der Waals surface area contributed by atoms with Gasteiger partial charge in [0.15, 0.2) is 11.6 Å². The van der Waals surface area contributed by atoms with Crippen LogP contribution in [0.25, 0.3) is 0 Å². The number of hydrogen-bond acceptors (Lipinski definition) is 5. The second-order valence-electron chi connectivity index (χ2n) is 11.2. The molecule has 2 spiro atoms. The number of nitrogens with one attached hydrogen (secondary N) is 1. The van der Waals surface area contributed by atoms with Gasteiger partial charge in [-0.3, -0.25) is 9.78 Å². The fourth-order valence-electron chi connectivity index (χ4n) is 6.35. The van der Waals surface area contributed by atoms with Crippen molar-refractivity contribution in [1.82, 2.24) is 10.3 Å². The molecule has 1 amide bonds. The van der Waals surface area contributed by atoms with Gasteiger partial charge in [-0.05, 0) is 82.6 Å². The molecule has 1 N–H and O–H groups in total. The van der Waals surface area contributed by atoms with Gasteiger partial charge in [0.1, 0.15) is 5.60 Å². The minimum atomic E-state index is -0.902. The molecule has 0 saturated heterocycles. The Hall–Kier alpha value is -3.03. The van der Waals surface area contributed by atoms with Crippen molar-refractivity contribution in [2.24, 2.45) is 5.92 Å². The number of halogens is 2. The summed E-state index contributed by atoms with van der Waals surface area (Å²) in [5.74, 6) is -2.77. The zero-order valence-electron chi connectivity index (χ0n) is 21.1. The van der Waals surface area contributed by atoms with Crippen LogP contribution in [0, 0.1) is 17.6 Å². The van der Waals surface area contributed by atoms with Crippen LogP contribution in [0.3, 0.4) is 0 Å². The predicted molar refractivity (Wildman–Crippen MR) is 128 cm³/mol. The lowest BCUT2D eigenvalue weighted by Crippen LogP contribution is -2.38. The van der Waals surface area contributed by atoms with Crippen molar-refractivity contribution >= 4 is 12.1 Å². The van der Waals surface area contributed by atoms with E-state index in [0.29, 0.717) is 32.3 Å². The molecule has 1 heterocycles. The molecule has 1 aromatic heterocycles. The molecule has 3 aliphatic rings. The molecule has 3 aliphatic carbocycles. The molecule has 0 bridgehead atoms. The molecule has 8 heteroatoms. The van der Waals surface area contributed by atoms with E-state index in [4.69, 9.17) is 14.5 Å². The molecule has 192 valence electrons. The summed E-state index contributed by atoms with van der Waals surface area (Å²) in [4.78, 5) is 30.2. The lowest BCUT2D eigenvalue weighted by molar-refractivity contribution is -0.145. The Morgan fingerprint density at radius 3 is 2.67 bits per heavy atom. The highest BCUT2D eigenvalue weighted by Gasteiger charge is 2.70. The summed E-state index contributed by atoms with van der Waals surface area (Å²) in [7, 11) is 0. The van der Waals surface area contributed by atoms with Gasteiger partial charge < -0.3 is 14.8 Å². The van der Waals surface area contributed by atoms with E-state index in [9.17, 15) is 14.0 Å². The molecule has 6 nitrogen and oxygen atoms in total. The normalized spacial score (nSPS) is 30.3. The average Bonchev–Trinajstić information content (AvgIpc) is 3.71. The van der Waals surface area contributed by atoms with Gasteiger partial charge in [0.2, 0.25) is 0 Å². The van der Waals surface area contributed by atoms with Gasteiger partial charge in [-0.1, -0.05) is 18.2 Å². The van der Waals surface area contributed by atoms with Crippen LogP contribution in [-0.4, -0.2) is 35.3 Å². The summed E-state index contributed by atoms with van der Waals surface area (Å²) < 4.78 is 40.4. The van der Waals surface area contributed by atoms with E-state index in [1.165, 1.54) is 6.07 Å².